The van der Waals surface area contributed by atoms with Gasteiger partial charge in [-0.05, 0) is 12.1 Å². The topological polar surface area (TPSA) is 62.2 Å². The molecule has 0 saturated heterocycles. The Morgan fingerprint density at radius 1 is 1.69 bits per heavy atom. The lowest BCUT2D eigenvalue weighted by Gasteiger charge is -2.01. The first kappa shape index (κ1) is 9.51. The quantitative estimate of drug-likeness (QED) is 0.729. The van der Waals surface area contributed by atoms with Crippen LogP contribution < -0.4 is 5.32 Å². The fourth-order valence-corrected chi connectivity index (χ4v) is 1.01. The van der Waals surface area contributed by atoms with Crippen LogP contribution in [-0.4, -0.2) is 23.1 Å². The van der Waals surface area contributed by atoms with E-state index in [1.54, 1.807) is 6.20 Å². The third-order valence-corrected chi connectivity index (χ3v) is 1.70. The number of nitrogens with one attached hydrogen (secondary N) is 1. The van der Waals surface area contributed by atoms with Crippen LogP contribution in [0.15, 0.2) is 18.3 Å². The molecule has 4 heteroatoms. The van der Waals surface area contributed by atoms with E-state index in [0.717, 1.165) is 11.4 Å². The van der Waals surface area contributed by atoms with E-state index in [-0.39, 0.29) is 6.42 Å². The van der Waals surface area contributed by atoms with Crippen LogP contribution in [0, 0.1) is 0 Å². The van der Waals surface area contributed by atoms with E-state index in [9.17, 15) is 4.79 Å². The zero-order valence-electron chi connectivity index (χ0n) is 7.45. The summed E-state index contributed by atoms with van der Waals surface area (Å²) in [6.07, 6.45) is 2.27. The summed E-state index contributed by atoms with van der Waals surface area (Å²) in [6, 6.07) is 3.69. The summed E-state index contributed by atoms with van der Waals surface area (Å²) in [5.74, 6) is -0.795. The Kier molecular flexibility index (Phi) is 3.25. The van der Waals surface area contributed by atoms with Crippen molar-refractivity contribution in [1.29, 1.82) is 0 Å². The summed E-state index contributed by atoms with van der Waals surface area (Å²) < 4.78 is 0. The monoisotopic (exact) mass is 180 g/mol. The smallest absolute Gasteiger partial charge is 0.303 e. The molecule has 0 radical (unpaired) electrons. The van der Waals surface area contributed by atoms with Gasteiger partial charge < -0.3 is 10.4 Å². The summed E-state index contributed by atoms with van der Waals surface area (Å²) in [6.45, 7) is 0. The summed E-state index contributed by atoms with van der Waals surface area (Å²) in [5.41, 5.74) is 1.75. The fraction of sp³-hybridized carbons (Fsp3) is 0.333. The number of carboxylic acid groups (broad SMARTS) is 1. The Hall–Kier alpha value is -1.58. The van der Waals surface area contributed by atoms with Gasteiger partial charge in [0.2, 0.25) is 0 Å². The number of pyridine rings is 1. The highest BCUT2D eigenvalue weighted by molar-refractivity contribution is 5.67. The van der Waals surface area contributed by atoms with Crippen LogP contribution in [0.1, 0.15) is 12.1 Å². The minimum absolute atomic E-state index is 0.125. The Morgan fingerprint density at radius 2 is 2.46 bits per heavy atom. The van der Waals surface area contributed by atoms with Crippen molar-refractivity contribution in [3.05, 3.63) is 24.0 Å². The molecule has 0 aromatic carbocycles. The van der Waals surface area contributed by atoms with E-state index in [4.69, 9.17) is 5.11 Å². The van der Waals surface area contributed by atoms with Crippen LogP contribution in [0.3, 0.4) is 0 Å². The van der Waals surface area contributed by atoms with Crippen molar-refractivity contribution in [2.75, 3.05) is 12.4 Å². The van der Waals surface area contributed by atoms with Crippen molar-refractivity contribution in [2.45, 2.75) is 12.8 Å². The lowest BCUT2D eigenvalue weighted by molar-refractivity contribution is -0.136. The molecule has 13 heavy (non-hydrogen) atoms. The SMILES string of the molecule is CNc1ccnc(CCC(=O)O)c1. The highest BCUT2D eigenvalue weighted by atomic mass is 16.4. The van der Waals surface area contributed by atoms with Gasteiger partial charge in [-0.1, -0.05) is 0 Å². The zero-order valence-corrected chi connectivity index (χ0v) is 7.45. The maximum atomic E-state index is 10.3. The fourth-order valence-electron chi connectivity index (χ4n) is 1.01. The lowest BCUT2D eigenvalue weighted by atomic mass is 10.2. The minimum Gasteiger partial charge on any atom is -0.481 e. The van der Waals surface area contributed by atoms with Crippen molar-refractivity contribution in [3.8, 4) is 0 Å². The molecule has 70 valence electrons. The molecule has 0 fully saturated rings. The molecule has 1 aromatic rings. The van der Waals surface area contributed by atoms with Crippen LogP contribution in [0.4, 0.5) is 5.69 Å². The Bertz CT molecular complexity index is 299. The van der Waals surface area contributed by atoms with E-state index in [2.05, 4.69) is 10.3 Å². The molecule has 0 amide bonds. The third-order valence-electron chi connectivity index (χ3n) is 1.70. The Balaban J connectivity index is 2.61. The first-order valence-corrected chi connectivity index (χ1v) is 4.07. The Morgan fingerprint density at radius 3 is 3.08 bits per heavy atom. The van der Waals surface area contributed by atoms with Gasteiger partial charge in [-0.25, -0.2) is 0 Å². The standard InChI is InChI=1S/C9H12N2O2/c1-10-7-4-5-11-8(6-7)2-3-9(12)13/h4-6H,2-3H2,1H3,(H,10,11)(H,12,13). The molecule has 0 spiro atoms. The minimum atomic E-state index is -0.795. The number of aromatic nitrogens is 1. The summed E-state index contributed by atoms with van der Waals surface area (Å²) in [4.78, 5) is 14.3. The van der Waals surface area contributed by atoms with Gasteiger partial charge in [0, 0.05) is 31.0 Å². The number of aliphatic carboxylic acids is 1. The van der Waals surface area contributed by atoms with Crippen molar-refractivity contribution in [3.63, 3.8) is 0 Å². The van der Waals surface area contributed by atoms with Gasteiger partial charge in [-0.3, -0.25) is 9.78 Å². The second-order valence-corrected chi connectivity index (χ2v) is 2.68. The second kappa shape index (κ2) is 4.45. The van der Waals surface area contributed by atoms with Gasteiger partial charge in [-0.2, -0.15) is 0 Å². The van der Waals surface area contributed by atoms with E-state index in [0.29, 0.717) is 6.42 Å². The number of rotatable bonds is 4. The zero-order chi connectivity index (χ0) is 9.68. The van der Waals surface area contributed by atoms with E-state index >= 15 is 0 Å². The summed E-state index contributed by atoms with van der Waals surface area (Å²) >= 11 is 0. The van der Waals surface area contributed by atoms with Gasteiger partial charge in [-0.15, -0.1) is 0 Å². The number of anilines is 1. The second-order valence-electron chi connectivity index (χ2n) is 2.68. The molecule has 0 unspecified atom stereocenters. The van der Waals surface area contributed by atoms with Crippen molar-refractivity contribution >= 4 is 11.7 Å². The molecule has 0 bridgehead atoms. The molecule has 0 aliphatic carbocycles. The molecule has 2 N–H and O–H groups in total. The van der Waals surface area contributed by atoms with Gasteiger partial charge in [0.05, 0.1) is 6.42 Å². The average molecular weight is 180 g/mol. The molecule has 0 atom stereocenters. The van der Waals surface area contributed by atoms with Gasteiger partial charge in [0.1, 0.15) is 0 Å². The largest absolute Gasteiger partial charge is 0.481 e. The molecular weight excluding hydrogens is 168 g/mol. The van der Waals surface area contributed by atoms with Crippen molar-refractivity contribution in [1.82, 2.24) is 4.98 Å². The van der Waals surface area contributed by atoms with Gasteiger partial charge in [0.15, 0.2) is 0 Å². The van der Waals surface area contributed by atoms with Crippen LogP contribution in [-0.2, 0) is 11.2 Å². The first-order chi connectivity index (χ1) is 6.22. The van der Waals surface area contributed by atoms with Crippen molar-refractivity contribution < 1.29 is 9.90 Å². The van der Waals surface area contributed by atoms with Crippen molar-refractivity contribution in [2.24, 2.45) is 0 Å². The van der Waals surface area contributed by atoms with Crippen LogP contribution in [0.5, 0.6) is 0 Å². The number of aryl methyl sites for hydroxylation is 1. The predicted octanol–water partition coefficient (Wildman–Crippen LogP) is 1.14. The molecule has 0 aliphatic heterocycles. The first-order valence-electron chi connectivity index (χ1n) is 4.07. The molecule has 1 heterocycles. The molecule has 0 saturated carbocycles. The number of carboxylic acids is 1. The molecule has 1 aromatic heterocycles. The number of nitrogens with zero attached hydrogens (tertiary/aromatic N) is 1. The van der Waals surface area contributed by atoms with E-state index in [1.165, 1.54) is 0 Å². The predicted molar refractivity (Wildman–Crippen MR) is 49.7 cm³/mol. The Labute approximate surface area is 76.6 Å². The highest BCUT2D eigenvalue weighted by Gasteiger charge is 2.00. The van der Waals surface area contributed by atoms with Gasteiger partial charge in [0.25, 0.3) is 0 Å². The van der Waals surface area contributed by atoms with Crippen LogP contribution in [0.25, 0.3) is 0 Å². The van der Waals surface area contributed by atoms with E-state index < -0.39 is 5.97 Å². The van der Waals surface area contributed by atoms with Crippen LogP contribution in [0.2, 0.25) is 0 Å². The van der Waals surface area contributed by atoms with Gasteiger partial charge >= 0.3 is 5.97 Å². The molecule has 0 aliphatic rings. The maximum absolute atomic E-state index is 10.3. The number of hydrogen-bond acceptors (Lipinski definition) is 3. The number of carbonyl (C=O) groups is 1. The molecular formula is C9H12N2O2. The highest BCUT2D eigenvalue weighted by Crippen LogP contribution is 2.08. The molecule has 1 rings (SSSR count). The average Bonchev–Trinajstić information content (AvgIpc) is 2.15. The normalized spacial score (nSPS) is 9.62. The molecule has 4 nitrogen and oxygen atoms in total. The third kappa shape index (κ3) is 3.11. The summed E-state index contributed by atoms with van der Waals surface area (Å²) in [7, 11) is 1.82. The van der Waals surface area contributed by atoms with Crippen LogP contribution >= 0.6 is 0 Å². The van der Waals surface area contributed by atoms with E-state index in [1.807, 2.05) is 19.2 Å². The lowest BCUT2D eigenvalue weighted by Crippen LogP contribution is -1.99. The maximum Gasteiger partial charge on any atom is 0.303 e. The number of hydrogen-bond donors (Lipinski definition) is 2. The summed E-state index contributed by atoms with van der Waals surface area (Å²) in [5, 5.41) is 11.4.